The monoisotopic (exact) mass is 251 g/mol. The van der Waals surface area contributed by atoms with Crippen molar-refractivity contribution < 1.29 is 0 Å². The lowest BCUT2D eigenvalue weighted by molar-refractivity contribution is 0.388. The Balaban J connectivity index is 2.06. The zero-order chi connectivity index (χ0) is 12.3. The van der Waals surface area contributed by atoms with Gasteiger partial charge in [-0.05, 0) is 50.3 Å². The van der Waals surface area contributed by atoms with Gasteiger partial charge in [0.05, 0.1) is 0 Å². The zero-order valence-corrected chi connectivity index (χ0v) is 12.2. The van der Waals surface area contributed by atoms with E-state index in [-0.39, 0.29) is 0 Å². The van der Waals surface area contributed by atoms with E-state index in [2.05, 4.69) is 43.6 Å². The maximum absolute atomic E-state index is 3.52. The first-order valence-electron chi connectivity index (χ1n) is 7.07. The van der Waals surface area contributed by atoms with Crippen LogP contribution in [0.2, 0.25) is 0 Å². The predicted octanol–water partition coefficient (Wildman–Crippen LogP) is 4.32. The second kappa shape index (κ2) is 6.01. The third-order valence-electron chi connectivity index (χ3n) is 4.18. The summed E-state index contributed by atoms with van der Waals surface area (Å²) in [7, 11) is 2.11. The quantitative estimate of drug-likeness (QED) is 0.794. The molecule has 0 spiro atoms. The van der Waals surface area contributed by atoms with Gasteiger partial charge < -0.3 is 5.32 Å². The molecule has 0 saturated carbocycles. The van der Waals surface area contributed by atoms with Crippen molar-refractivity contribution in [1.82, 2.24) is 5.32 Å². The van der Waals surface area contributed by atoms with Crippen molar-refractivity contribution in [3.63, 3.8) is 0 Å². The summed E-state index contributed by atoms with van der Waals surface area (Å²) in [5.41, 5.74) is 1.63. The molecule has 17 heavy (non-hydrogen) atoms. The van der Waals surface area contributed by atoms with E-state index in [0.29, 0.717) is 6.04 Å². The van der Waals surface area contributed by atoms with Gasteiger partial charge >= 0.3 is 0 Å². The van der Waals surface area contributed by atoms with Crippen LogP contribution < -0.4 is 5.32 Å². The Morgan fingerprint density at radius 2 is 2.06 bits per heavy atom. The van der Waals surface area contributed by atoms with E-state index < -0.39 is 0 Å². The number of hydrogen-bond donors (Lipinski definition) is 1. The molecule has 1 nitrogen and oxygen atoms in total. The van der Waals surface area contributed by atoms with Crippen molar-refractivity contribution in [2.45, 2.75) is 58.4 Å². The highest BCUT2D eigenvalue weighted by Crippen LogP contribution is 2.36. The lowest BCUT2D eigenvalue weighted by Gasteiger charge is -2.20. The minimum absolute atomic E-state index is 0.579. The van der Waals surface area contributed by atoms with E-state index in [0.717, 1.165) is 5.92 Å². The number of thiophene rings is 1. The lowest BCUT2D eigenvalue weighted by atomic mass is 9.94. The maximum Gasteiger partial charge on any atom is 0.0415 e. The third kappa shape index (κ3) is 2.92. The molecule has 0 radical (unpaired) electrons. The Morgan fingerprint density at radius 3 is 2.65 bits per heavy atom. The van der Waals surface area contributed by atoms with Gasteiger partial charge in [0, 0.05) is 15.8 Å². The van der Waals surface area contributed by atoms with Crippen LogP contribution in [0.4, 0.5) is 0 Å². The fraction of sp³-hybridized carbons (Fsp3) is 0.733. The third-order valence-corrected chi connectivity index (χ3v) is 5.53. The van der Waals surface area contributed by atoms with Gasteiger partial charge in [0.15, 0.2) is 0 Å². The van der Waals surface area contributed by atoms with Crippen molar-refractivity contribution in [2.75, 3.05) is 7.05 Å². The minimum atomic E-state index is 0.579. The summed E-state index contributed by atoms with van der Waals surface area (Å²) < 4.78 is 0. The summed E-state index contributed by atoms with van der Waals surface area (Å²) in [6.07, 6.45) is 7.91. The van der Waals surface area contributed by atoms with Crippen LogP contribution in [0.1, 0.15) is 60.9 Å². The molecule has 0 aromatic carbocycles. The minimum Gasteiger partial charge on any atom is -0.312 e. The first kappa shape index (κ1) is 13.1. The molecular formula is C15H25NS. The molecule has 1 aliphatic rings. The summed E-state index contributed by atoms with van der Waals surface area (Å²) in [5.74, 6) is 0.865. The van der Waals surface area contributed by atoms with Crippen LogP contribution in [0.3, 0.4) is 0 Å². The second-order valence-electron chi connectivity index (χ2n) is 5.21. The Bertz CT molecular complexity index is 330. The van der Waals surface area contributed by atoms with Crippen molar-refractivity contribution in [1.29, 1.82) is 0 Å². The molecule has 0 fully saturated rings. The van der Waals surface area contributed by atoms with Crippen LogP contribution in [0.25, 0.3) is 0 Å². The topological polar surface area (TPSA) is 12.0 Å². The summed E-state index contributed by atoms with van der Waals surface area (Å²) in [6.45, 7) is 4.63. The van der Waals surface area contributed by atoms with E-state index in [9.17, 15) is 0 Å². The van der Waals surface area contributed by atoms with Gasteiger partial charge in [-0.3, -0.25) is 0 Å². The van der Waals surface area contributed by atoms with Crippen LogP contribution in [0.15, 0.2) is 6.07 Å². The number of nitrogens with one attached hydrogen (secondary N) is 1. The highest BCUT2D eigenvalue weighted by molar-refractivity contribution is 7.12. The number of aryl methyl sites for hydroxylation is 2. The van der Waals surface area contributed by atoms with E-state index in [1.165, 1.54) is 38.5 Å². The number of fused-ring (bicyclic) bond motifs is 1. The van der Waals surface area contributed by atoms with Crippen LogP contribution in [-0.4, -0.2) is 7.05 Å². The van der Waals surface area contributed by atoms with E-state index in [1.54, 1.807) is 15.3 Å². The Morgan fingerprint density at radius 1 is 1.29 bits per heavy atom. The second-order valence-corrected chi connectivity index (χ2v) is 6.38. The summed E-state index contributed by atoms with van der Waals surface area (Å²) in [6, 6.07) is 3.05. The van der Waals surface area contributed by atoms with Crippen molar-refractivity contribution in [2.24, 2.45) is 5.92 Å². The summed E-state index contributed by atoms with van der Waals surface area (Å²) in [5, 5.41) is 3.52. The number of rotatable bonds is 6. The van der Waals surface area contributed by atoms with Gasteiger partial charge in [-0.2, -0.15) is 0 Å². The highest BCUT2D eigenvalue weighted by Gasteiger charge is 2.20. The number of hydrogen-bond acceptors (Lipinski definition) is 2. The van der Waals surface area contributed by atoms with Crippen LogP contribution >= 0.6 is 11.3 Å². The van der Waals surface area contributed by atoms with Crippen molar-refractivity contribution in [3.05, 3.63) is 21.4 Å². The van der Waals surface area contributed by atoms with Crippen LogP contribution in [-0.2, 0) is 12.8 Å². The SMILES string of the molecule is CCC(CC)CC(NC)c1cc2c(s1)CCC2. The average Bonchev–Trinajstić information content (AvgIpc) is 2.91. The highest BCUT2D eigenvalue weighted by atomic mass is 32.1. The summed E-state index contributed by atoms with van der Waals surface area (Å²) in [4.78, 5) is 3.23. The molecule has 1 aromatic heterocycles. The fourth-order valence-corrected chi connectivity index (χ4v) is 4.24. The molecular weight excluding hydrogens is 226 g/mol. The molecule has 1 unspecified atom stereocenters. The molecule has 1 aliphatic carbocycles. The smallest absolute Gasteiger partial charge is 0.0415 e. The first-order chi connectivity index (χ1) is 8.28. The Labute approximate surface area is 110 Å². The molecule has 1 heterocycles. The summed E-state index contributed by atoms with van der Waals surface area (Å²) >= 11 is 2.06. The molecule has 0 saturated heterocycles. The normalized spacial score (nSPS) is 16.5. The average molecular weight is 251 g/mol. The lowest BCUT2D eigenvalue weighted by Crippen LogP contribution is -2.18. The largest absolute Gasteiger partial charge is 0.312 e. The zero-order valence-electron chi connectivity index (χ0n) is 11.4. The molecule has 0 amide bonds. The van der Waals surface area contributed by atoms with Gasteiger partial charge in [-0.25, -0.2) is 0 Å². The van der Waals surface area contributed by atoms with E-state index in [1.807, 2.05) is 0 Å². The van der Waals surface area contributed by atoms with E-state index >= 15 is 0 Å². The van der Waals surface area contributed by atoms with Crippen LogP contribution in [0, 0.1) is 5.92 Å². The molecule has 1 N–H and O–H groups in total. The van der Waals surface area contributed by atoms with Gasteiger partial charge in [-0.1, -0.05) is 26.7 Å². The Kier molecular flexibility index (Phi) is 4.63. The van der Waals surface area contributed by atoms with Gasteiger partial charge in [0.1, 0.15) is 0 Å². The molecule has 0 aliphatic heterocycles. The van der Waals surface area contributed by atoms with Crippen molar-refractivity contribution >= 4 is 11.3 Å². The Hall–Kier alpha value is -0.340. The van der Waals surface area contributed by atoms with Gasteiger partial charge in [0.25, 0.3) is 0 Å². The van der Waals surface area contributed by atoms with E-state index in [4.69, 9.17) is 0 Å². The van der Waals surface area contributed by atoms with Crippen LogP contribution in [0.5, 0.6) is 0 Å². The standard InChI is InChI=1S/C15H25NS/c1-4-11(5-2)9-13(16-3)15-10-12-7-6-8-14(12)17-15/h10-11,13,16H,4-9H2,1-3H3. The molecule has 2 heteroatoms. The van der Waals surface area contributed by atoms with Gasteiger partial charge in [0.2, 0.25) is 0 Å². The molecule has 1 atom stereocenters. The fourth-order valence-electron chi connectivity index (χ4n) is 2.86. The molecule has 0 bridgehead atoms. The molecule has 96 valence electrons. The maximum atomic E-state index is 3.52. The molecule has 1 aromatic rings. The first-order valence-corrected chi connectivity index (χ1v) is 7.88. The van der Waals surface area contributed by atoms with Crippen molar-refractivity contribution in [3.8, 4) is 0 Å². The predicted molar refractivity (Wildman–Crippen MR) is 76.8 cm³/mol. The van der Waals surface area contributed by atoms with Gasteiger partial charge in [-0.15, -0.1) is 11.3 Å². The molecule has 2 rings (SSSR count).